The molecule has 0 saturated carbocycles. The van der Waals surface area contributed by atoms with Crippen molar-refractivity contribution in [3.8, 4) is 5.75 Å². The summed E-state index contributed by atoms with van der Waals surface area (Å²) in [6, 6.07) is 8.07. The Labute approximate surface area is 114 Å². The molecule has 0 radical (unpaired) electrons. The van der Waals surface area contributed by atoms with Crippen LogP contribution in [0.25, 0.3) is 0 Å². The second-order valence-electron chi connectivity index (χ2n) is 5.28. The van der Waals surface area contributed by atoms with E-state index in [9.17, 15) is 9.90 Å². The van der Waals surface area contributed by atoms with Crippen molar-refractivity contribution in [1.29, 1.82) is 0 Å². The van der Waals surface area contributed by atoms with Crippen molar-refractivity contribution in [3.63, 3.8) is 0 Å². The first kappa shape index (κ1) is 13.9. The Bertz CT molecular complexity index is 422. The van der Waals surface area contributed by atoms with Gasteiger partial charge in [-0.2, -0.15) is 0 Å². The molecule has 4 nitrogen and oxygen atoms in total. The van der Waals surface area contributed by atoms with Crippen LogP contribution in [0, 0.1) is 0 Å². The highest BCUT2D eigenvalue weighted by Crippen LogP contribution is 2.25. The number of phenols is 1. The Kier molecular flexibility index (Phi) is 4.43. The van der Waals surface area contributed by atoms with E-state index in [-0.39, 0.29) is 5.91 Å². The monoisotopic (exact) mass is 262 g/mol. The van der Waals surface area contributed by atoms with E-state index in [0.717, 1.165) is 25.9 Å². The molecule has 19 heavy (non-hydrogen) atoms. The first-order chi connectivity index (χ1) is 9.06. The van der Waals surface area contributed by atoms with E-state index in [1.807, 2.05) is 12.1 Å². The van der Waals surface area contributed by atoms with Crippen LogP contribution in [0.4, 0.5) is 0 Å². The van der Waals surface area contributed by atoms with Crippen LogP contribution in [0.1, 0.15) is 38.3 Å². The zero-order chi connectivity index (χ0) is 13.8. The van der Waals surface area contributed by atoms with E-state index < -0.39 is 0 Å². The molecule has 104 valence electrons. The van der Waals surface area contributed by atoms with Gasteiger partial charge in [0.15, 0.2) is 0 Å². The molecule has 2 N–H and O–H groups in total. The molecule has 1 aromatic carbocycles. The first-order valence-electron chi connectivity index (χ1n) is 6.86. The maximum atomic E-state index is 11.0. The van der Waals surface area contributed by atoms with Crippen LogP contribution < -0.4 is 5.32 Å². The van der Waals surface area contributed by atoms with Gasteiger partial charge in [-0.3, -0.25) is 9.69 Å². The third kappa shape index (κ3) is 3.70. The molecule has 0 bridgehead atoms. The predicted molar refractivity (Wildman–Crippen MR) is 74.9 cm³/mol. The van der Waals surface area contributed by atoms with Gasteiger partial charge < -0.3 is 10.4 Å². The van der Waals surface area contributed by atoms with Crippen molar-refractivity contribution in [1.82, 2.24) is 10.2 Å². The molecule has 1 fully saturated rings. The molecular formula is C15H22N2O2. The second-order valence-corrected chi connectivity index (χ2v) is 5.28. The number of piperidine rings is 1. The molecule has 0 spiro atoms. The average molecular weight is 262 g/mol. The molecule has 1 unspecified atom stereocenters. The number of nitrogens with one attached hydrogen (secondary N) is 1. The molecule has 1 aromatic rings. The molecule has 1 atom stereocenters. The van der Waals surface area contributed by atoms with Crippen LogP contribution in [0.3, 0.4) is 0 Å². The number of amides is 1. The van der Waals surface area contributed by atoms with Crippen LogP contribution in [0.15, 0.2) is 24.3 Å². The molecule has 1 amide bonds. The van der Waals surface area contributed by atoms with Gasteiger partial charge in [0, 0.05) is 32.1 Å². The van der Waals surface area contributed by atoms with Crippen molar-refractivity contribution in [2.45, 2.75) is 38.8 Å². The predicted octanol–water partition coefficient (Wildman–Crippen LogP) is 2.05. The van der Waals surface area contributed by atoms with E-state index in [2.05, 4.69) is 17.1 Å². The van der Waals surface area contributed by atoms with E-state index in [0.29, 0.717) is 17.8 Å². The molecule has 1 saturated heterocycles. The number of carbonyl (C=O) groups excluding carboxylic acids is 1. The largest absolute Gasteiger partial charge is 0.508 e. The fourth-order valence-electron chi connectivity index (χ4n) is 2.68. The summed E-state index contributed by atoms with van der Waals surface area (Å²) in [6.07, 6.45) is 2.00. The molecule has 0 aliphatic carbocycles. The number of nitrogens with zero attached hydrogens (tertiary/aromatic N) is 1. The SMILES string of the molecule is CC(=O)NC1CCN(C(C)c2ccc(O)cc2)CC1. The number of aromatic hydroxyl groups is 1. The summed E-state index contributed by atoms with van der Waals surface area (Å²) in [4.78, 5) is 13.5. The maximum Gasteiger partial charge on any atom is 0.217 e. The lowest BCUT2D eigenvalue weighted by Crippen LogP contribution is -2.44. The number of phenolic OH excluding ortho intramolecular Hbond substituents is 1. The number of likely N-dealkylation sites (tertiary alicyclic amines) is 1. The minimum Gasteiger partial charge on any atom is -0.508 e. The van der Waals surface area contributed by atoms with Gasteiger partial charge in [-0.1, -0.05) is 12.1 Å². The van der Waals surface area contributed by atoms with Crippen LogP contribution in [0.2, 0.25) is 0 Å². The minimum atomic E-state index is 0.0602. The molecular weight excluding hydrogens is 240 g/mol. The Morgan fingerprint density at radius 3 is 2.42 bits per heavy atom. The minimum absolute atomic E-state index is 0.0602. The molecule has 4 heteroatoms. The third-order valence-electron chi connectivity index (χ3n) is 3.86. The highest BCUT2D eigenvalue weighted by Gasteiger charge is 2.23. The zero-order valence-corrected chi connectivity index (χ0v) is 11.6. The van der Waals surface area contributed by atoms with Gasteiger partial charge in [0.05, 0.1) is 0 Å². The van der Waals surface area contributed by atoms with E-state index in [4.69, 9.17) is 0 Å². The molecule has 2 rings (SSSR count). The van der Waals surface area contributed by atoms with E-state index >= 15 is 0 Å². The summed E-state index contributed by atoms with van der Waals surface area (Å²) >= 11 is 0. The molecule has 1 heterocycles. The number of hydrogen-bond acceptors (Lipinski definition) is 3. The Balaban J connectivity index is 1.90. The lowest BCUT2D eigenvalue weighted by atomic mass is 10.00. The highest BCUT2D eigenvalue weighted by molar-refractivity contribution is 5.73. The van der Waals surface area contributed by atoms with Crippen LogP contribution >= 0.6 is 0 Å². The van der Waals surface area contributed by atoms with Crippen molar-refractivity contribution >= 4 is 5.91 Å². The van der Waals surface area contributed by atoms with Gasteiger partial charge in [-0.25, -0.2) is 0 Å². The summed E-state index contributed by atoms with van der Waals surface area (Å²) < 4.78 is 0. The smallest absolute Gasteiger partial charge is 0.217 e. The van der Waals surface area contributed by atoms with Crippen molar-refractivity contribution in [2.24, 2.45) is 0 Å². The van der Waals surface area contributed by atoms with Crippen molar-refractivity contribution in [2.75, 3.05) is 13.1 Å². The lowest BCUT2D eigenvalue weighted by Gasteiger charge is -2.36. The molecule has 1 aliphatic rings. The normalized spacial score (nSPS) is 19.1. The highest BCUT2D eigenvalue weighted by atomic mass is 16.3. The van der Waals surface area contributed by atoms with Gasteiger partial charge in [0.1, 0.15) is 5.75 Å². The summed E-state index contributed by atoms with van der Waals surface area (Å²) in [7, 11) is 0. The quantitative estimate of drug-likeness (QED) is 0.876. The molecule has 1 aliphatic heterocycles. The number of benzene rings is 1. The van der Waals surface area contributed by atoms with E-state index in [1.54, 1.807) is 19.1 Å². The average Bonchev–Trinajstić information content (AvgIpc) is 2.39. The van der Waals surface area contributed by atoms with Crippen molar-refractivity contribution < 1.29 is 9.90 Å². The Morgan fingerprint density at radius 2 is 1.89 bits per heavy atom. The van der Waals surface area contributed by atoms with Gasteiger partial charge in [-0.15, -0.1) is 0 Å². The van der Waals surface area contributed by atoms with Gasteiger partial charge in [0.25, 0.3) is 0 Å². The third-order valence-corrected chi connectivity index (χ3v) is 3.86. The Morgan fingerprint density at radius 1 is 1.32 bits per heavy atom. The van der Waals surface area contributed by atoms with Crippen LogP contribution in [0.5, 0.6) is 5.75 Å². The fourth-order valence-corrected chi connectivity index (χ4v) is 2.68. The van der Waals surface area contributed by atoms with E-state index in [1.165, 1.54) is 5.56 Å². The summed E-state index contributed by atoms with van der Waals surface area (Å²) in [6.45, 7) is 5.75. The van der Waals surface area contributed by atoms with Gasteiger partial charge >= 0.3 is 0 Å². The molecule has 0 aromatic heterocycles. The standard InChI is InChI=1S/C15H22N2O2/c1-11(13-3-5-15(19)6-4-13)17-9-7-14(8-10-17)16-12(2)18/h3-6,11,14,19H,7-10H2,1-2H3,(H,16,18). The summed E-state index contributed by atoms with van der Waals surface area (Å²) in [5.41, 5.74) is 1.22. The topological polar surface area (TPSA) is 52.6 Å². The van der Waals surface area contributed by atoms with Crippen LogP contribution in [-0.2, 0) is 4.79 Å². The summed E-state index contributed by atoms with van der Waals surface area (Å²) in [5, 5.41) is 12.3. The number of carbonyl (C=O) groups is 1. The Hall–Kier alpha value is -1.55. The zero-order valence-electron chi connectivity index (χ0n) is 11.6. The van der Waals surface area contributed by atoms with Crippen molar-refractivity contribution in [3.05, 3.63) is 29.8 Å². The second kappa shape index (κ2) is 6.06. The summed E-state index contributed by atoms with van der Waals surface area (Å²) in [5.74, 6) is 0.366. The first-order valence-corrected chi connectivity index (χ1v) is 6.86. The maximum absolute atomic E-state index is 11.0. The fraction of sp³-hybridized carbons (Fsp3) is 0.533. The number of rotatable bonds is 3. The number of hydrogen-bond donors (Lipinski definition) is 2. The van der Waals surface area contributed by atoms with Gasteiger partial charge in [0.2, 0.25) is 5.91 Å². The van der Waals surface area contributed by atoms with Gasteiger partial charge in [-0.05, 0) is 37.5 Å². The van der Waals surface area contributed by atoms with Crippen LogP contribution in [-0.4, -0.2) is 35.0 Å². The lowest BCUT2D eigenvalue weighted by molar-refractivity contribution is -0.120.